The molecule has 156 valence electrons. The van der Waals surface area contributed by atoms with E-state index in [1.54, 1.807) is 30.8 Å². The van der Waals surface area contributed by atoms with Gasteiger partial charge in [0.25, 0.3) is 0 Å². The molecule has 28 heavy (non-hydrogen) atoms. The number of hydrogen-bond donors (Lipinski definition) is 2. The van der Waals surface area contributed by atoms with Crippen molar-refractivity contribution in [2.75, 3.05) is 15.9 Å². The van der Waals surface area contributed by atoms with E-state index in [2.05, 4.69) is 49.1 Å². The van der Waals surface area contributed by atoms with E-state index in [0.717, 1.165) is 26.7 Å². The maximum atomic E-state index is 13.2. The predicted octanol–water partition coefficient (Wildman–Crippen LogP) is 6.82. The highest BCUT2D eigenvalue weighted by Gasteiger charge is 2.07. The first kappa shape index (κ1) is 27.2. The molecule has 0 aliphatic carbocycles. The van der Waals surface area contributed by atoms with Gasteiger partial charge in [-0.05, 0) is 71.9 Å². The topological polar surface area (TPSA) is 43.1 Å². The summed E-state index contributed by atoms with van der Waals surface area (Å²) in [6, 6.07) is 6.18. The van der Waals surface area contributed by atoms with Crippen LogP contribution in [0.25, 0.3) is 0 Å². The minimum Gasteiger partial charge on any atom is -0.396 e. The molecule has 2 rings (SSSR count). The molecule has 2 nitrogen and oxygen atoms in total. The lowest BCUT2D eigenvalue weighted by Crippen LogP contribution is -2.00. The maximum Gasteiger partial charge on any atom is 0.146 e. The number of nitrogens with two attached hydrogens (primary N) is 1. The lowest BCUT2D eigenvalue weighted by Gasteiger charge is -2.05. The zero-order valence-corrected chi connectivity index (χ0v) is 20.8. The summed E-state index contributed by atoms with van der Waals surface area (Å²) in [5.74, 6) is 0.278. The molecule has 0 aromatic heterocycles. The highest BCUT2D eigenvalue weighted by molar-refractivity contribution is 14.1. The van der Waals surface area contributed by atoms with Gasteiger partial charge in [0.1, 0.15) is 17.4 Å². The van der Waals surface area contributed by atoms with Crippen LogP contribution in [0.4, 0.5) is 14.5 Å². The quantitative estimate of drug-likeness (QED) is 0.147. The molecule has 2 aromatic carbocycles. The van der Waals surface area contributed by atoms with Crippen molar-refractivity contribution >= 4 is 58.5 Å². The fourth-order valence-electron chi connectivity index (χ4n) is 2.09. The van der Waals surface area contributed by atoms with Gasteiger partial charge in [0.15, 0.2) is 0 Å². The van der Waals surface area contributed by atoms with E-state index in [0.29, 0.717) is 5.56 Å². The van der Waals surface area contributed by atoms with Crippen molar-refractivity contribution in [2.24, 2.45) is 0 Å². The van der Waals surface area contributed by atoms with Gasteiger partial charge in [0.2, 0.25) is 0 Å². The fraction of sp³-hybridized carbons (Fsp3) is 0.381. The number of nitrogen functional groups attached to an aromatic ring is 1. The number of carbonyl (C=O) groups excluding carboxylic acids is 1. The Morgan fingerprint density at radius 3 is 2.14 bits per heavy atom. The molecule has 0 amide bonds. The molecule has 0 saturated heterocycles. The summed E-state index contributed by atoms with van der Waals surface area (Å²) in [4.78, 5) is 12.6. The summed E-state index contributed by atoms with van der Waals surface area (Å²) in [6.07, 6.45) is 0.139. The Hall–Kier alpha value is -0.800. The molecule has 0 unspecified atom stereocenters. The van der Waals surface area contributed by atoms with E-state index in [1.807, 2.05) is 6.92 Å². The lowest BCUT2D eigenvalue weighted by molar-refractivity contribution is -0.116. The highest BCUT2D eigenvalue weighted by atomic mass is 127. The summed E-state index contributed by atoms with van der Waals surface area (Å²) >= 11 is 8.13. The largest absolute Gasteiger partial charge is 0.396 e. The SMILES string of the molecule is CC(=O)Cc1cc(S)c(C)cc1F.CCI.CCSc1cc(N)c(F)cc1C. The van der Waals surface area contributed by atoms with Gasteiger partial charge in [-0.1, -0.05) is 36.4 Å². The van der Waals surface area contributed by atoms with Gasteiger partial charge in [-0.15, -0.1) is 24.4 Å². The third-order valence-corrected chi connectivity index (χ3v) is 4.92. The summed E-state index contributed by atoms with van der Waals surface area (Å²) in [5, 5.41) is 0. The van der Waals surface area contributed by atoms with E-state index in [1.165, 1.54) is 23.5 Å². The third-order valence-electron chi connectivity index (χ3n) is 3.40. The number of rotatable bonds is 4. The number of alkyl halides is 1. The van der Waals surface area contributed by atoms with E-state index in [4.69, 9.17) is 5.73 Å². The average molecular weight is 539 g/mol. The Morgan fingerprint density at radius 2 is 1.64 bits per heavy atom. The van der Waals surface area contributed by atoms with Gasteiger partial charge in [-0.2, -0.15) is 0 Å². The number of Topliss-reactive ketones (excluding diaryl/α,β-unsaturated/α-hetero) is 1. The number of thioether (sulfide) groups is 1. The van der Waals surface area contributed by atoms with E-state index >= 15 is 0 Å². The van der Waals surface area contributed by atoms with Crippen LogP contribution in [0.15, 0.2) is 34.1 Å². The first-order valence-corrected chi connectivity index (χ1v) is 11.7. The van der Waals surface area contributed by atoms with Crippen LogP contribution in [0.5, 0.6) is 0 Å². The smallest absolute Gasteiger partial charge is 0.146 e. The van der Waals surface area contributed by atoms with Gasteiger partial charge >= 0.3 is 0 Å². The minimum absolute atomic E-state index is 0.0458. The van der Waals surface area contributed by atoms with Crippen molar-refractivity contribution in [3.63, 3.8) is 0 Å². The van der Waals surface area contributed by atoms with Crippen molar-refractivity contribution < 1.29 is 13.6 Å². The molecule has 0 aliphatic rings. The number of halogens is 3. The number of anilines is 1. The average Bonchev–Trinajstić information content (AvgIpc) is 2.59. The Balaban J connectivity index is 0.000000458. The second kappa shape index (κ2) is 14.2. The van der Waals surface area contributed by atoms with Gasteiger partial charge in [-0.25, -0.2) is 8.78 Å². The van der Waals surface area contributed by atoms with Gasteiger partial charge in [0.05, 0.1) is 5.69 Å². The molecule has 0 aliphatic heterocycles. The van der Waals surface area contributed by atoms with Crippen LogP contribution < -0.4 is 5.73 Å². The molecule has 0 heterocycles. The van der Waals surface area contributed by atoms with E-state index in [9.17, 15) is 13.6 Å². The molecule has 7 heteroatoms. The number of benzene rings is 2. The lowest BCUT2D eigenvalue weighted by atomic mass is 10.1. The summed E-state index contributed by atoms with van der Waals surface area (Å²) in [5.41, 5.74) is 7.82. The van der Waals surface area contributed by atoms with E-state index < -0.39 is 0 Å². The number of hydrogen-bond acceptors (Lipinski definition) is 4. The van der Waals surface area contributed by atoms with Gasteiger partial charge < -0.3 is 5.73 Å². The number of aryl methyl sites for hydroxylation is 2. The van der Waals surface area contributed by atoms with Crippen molar-refractivity contribution in [2.45, 2.75) is 50.8 Å². The number of thiol groups is 1. The van der Waals surface area contributed by atoms with Crippen LogP contribution >= 0.6 is 47.0 Å². The third kappa shape index (κ3) is 10.1. The molecular weight excluding hydrogens is 511 g/mol. The second-order valence-corrected chi connectivity index (χ2v) is 9.26. The van der Waals surface area contributed by atoms with Crippen molar-refractivity contribution in [3.05, 3.63) is 52.6 Å². The Bertz CT molecular complexity index is 785. The van der Waals surface area contributed by atoms with E-state index in [-0.39, 0.29) is 29.5 Å². The maximum absolute atomic E-state index is 13.2. The summed E-state index contributed by atoms with van der Waals surface area (Å²) in [6.45, 7) is 9.28. The van der Waals surface area contributed by atoms with Gasteiger partial charge in [-0.3, -0.25) is 4.79 Å². The molecule has 0 bridgehead atoms. The highest BCUT2D eigenvalue weighted by Crippen LogP contribution is 2.26. The summed E-state index contributed by atoms with van der Waals surface area (Å²) < 4.78 is 27.3. The number of ketones is 1. The zero-order valence-electron chi connectivity index (χ0n) is 16.9. The normalized spacial score (nSPS) is 9.75. The minimum atomic E-state index is -0.328. The molecule has 2 aromatic rings. The Labute approximate surface area is 190 Å². The van der Waals surface area contributed by atoms with Crippen molar-refractivity contribution in [1.82, 2.24) is 0 Å². The van der Waals surface area contributed by atoms with Gasteiger partial charge in [0, 0.05) is 16.2 Å². The molecule has 0 spiro atoms. The van der Waals surface area contributed by atoms with Crippen molar-refractivity contribution in [1.29, 1.82) is 0 Å². The monoisotopic (exact) mass is 539 g/mol. The van der Waals surface area contributed by atoms with Crippen LogP contribution in [0.2, 0.25) is 0 Å². The molecule has 0 fully saturated rings. The van der Waals surface area contributed by atoms with Crippen LogP contribution in [-0.2, 0) is 11.2 Å². The zero-order chi connectivity index (χ0) is 21.9. The molecule has 0 atom stereocenters. The van der Waals surface area contributed by atoms with Crippen LogP contribution in [0, 0.1) is 25.5 Å². The number of carbonyl (C=O) groups is 1. The van der Waals surface area contributed by atoms with Crippen LogP contribution in [0.3, 0.4) is 0 Å². The van der Waals surface area contributed by atoms with Crippen LogP contribution in [-0.4, -0.2) is 16.0 Å². The Kier molecular flexibility index (Phi) is 13.8. The summed E-state index contributed by atoms with van der Waals surface area (Å²) in [7, 11) is 0. The predicted molar refractivity (Wildman–Crippen MR) is 129 cm³/mol. The molecule has 2 N–H and O–H groups in total. The van der Waals surface area contributed by atoms with Crippen LogP contribution in [0.1, 0.15) is 37.5 Å². The second-order valence-electron chi connectivity index (χ2n) is 5.95. The molecular formula is C21H28F2INOS2. The van der Waals surface area contributed by atoms with Crippen molar-refractivity contribution in [3.8, 4) is 0 Å². The Morgan fingerprint density at radius 1 is 1.11 bits per heavy atom. The first-order chi connectivity index (χ1) is 13.1. The molecule has 0 saturated carbocycles. The first-order valence-electron chi connectivity index (χ1n) is 8.79. The molecule has 0 radical (unpaired) electrons. The fourth-order valence-corrected chi connectivity index (χ4v) is 3.12. The standard InChI is InChI=1S/C10H11FOS.C9H12FNS.C2H5I/c1-6-3-9(11)8(4-7(2)12)5-10(6)13;1-3-12-9-5-8(11)7(10)4-6(9)2;1-2-3/h3,5,13H,4H2,1-2H3;4-5H,3,11H2,1-2H3;2H2,1H3.